The predicted octanol–water partition coefficient (Wildman–Crippen LogP) is 21.4. The van der Waals surface area contributed by atoms with E-state index >= 15 is 0 Å². The summed E-state index contributed by atoms with van der Waals surface area (Å²) in [6.07, 6.45) is 89.1. The van der Waals surface area contributed by atoms with Gasteiger partial charge in [-0.05, 0) is 109 Å². The molecule has 0 rings (SSSR count). The largest absolute Gasteiger partial charge is 0.462 e. The highest BCUT2D eigenvalue weighted by Gasteiger charge is 2.19. The molecular formula is C70H114O6. The van der Waals surface area contributed by atoms with E-state index in [1.54, 1.807) is 0 Å². The molecule has 0 bridgehead atoms. The summed E-state index contributed by atoms with van der Waals surface area (Å²) < 4.78 is 16.8. The summed E-state index contributed by atoms with van der Waals surface area (Å²) in [5.74, 6) is -0.967. The van der Waals surface area contributed by atoms with Crippen LogP contribution in [0.1, 0.15) is 271 Å². The third-order valence-corrected chi connectivity index (χ3v) is 12.9. The lowest BCUT2D eigenvalue weighted by atomic mass is 10.0. The molecule has 0 saturated carbocycles. The van der Waals surface area contributed by atoms with E-state index in [-0.39, 0.29) is 37.5 Å². The number of esters is 3. The van der Waals surface area contributed by atoms with Crippen molar-refractivity contribution in [3.05, 3.63) is 134 Å². The quantitative estimate of drug-likeness (QED) is 0.0261. The molecule has 0 spiro atoms. The molecule has 6 heteroatoms. The monoisotopic (exact) mass is 1050 g/mol. The van der Waals surface area contributed by atoms with Gasteiger partial charge in [0.05, 0.1) is 0 Å². The molecule has 0 radical (unpaired) electrons. The molecule has 1 atom stereocenters. The van der Waals surface area contributed by atoms with Gasteiger partial charge in [-0.25, -0.2) is 0 Å². The number of hydrogen-bond donors (Lipinski definition) is 0. The van der Waals surface area contributed by atoms with Crippen LogP contribution in [-0.2, 0) is 28.6 Å². The maximum atomic E-state index is 12.8. The molecule has 6 nitrogen and oxygen atoms in total. The van der Waals surface area contributed by atoms with Crippen LogP contribution in [0.2, 0.25) is 0 Å². The van der Waals surface area contributed by atoms with Crippen molar-refractivity contribution in [2.24, 2.45) is 0 Å². The Kier molecular flexibility index (Phi) is 59.4. The lowest BCUT2D eigenvalue weighted by Crippen LogP contribution is -2.30. The fourth-order valence-corrected chi connectivity index (χ4v) is 8.31. The number of carbonyl (C=O) groups is 3. The predicted molar refractivity (Wildman–Crippen MR) is 329 cm³/mol. The minimum Gasteiger partial charge on any atom is -0.462 e. The van der Waals surface area contributed by atoms with Crippen molar-refractivity contribution in [2.75, 3.05) is 13.2 Å². The summed E-state index contributed by atoms with van der Waals surface area (Å²) in [6.45, 7) is 6.34. The zero-order valence-corrected chi connectivity index (χ0v) is 49.2. The lowest BCUT2D eigenvalue weighted by molar-refractivity contribution is -0.167. The minimum atomic E-state index is -0.810. The molecule has 0 N–H and O–H groups in total. The fourth-order valence-electron chi connectivity index (χ4n) is 8.31. The summed E-state index contributed by atoms with van der Waals surface area (Å²) >= 11 is 0. The van der Waals surface area contributed by atoms with Crippen LogP contribution in [0.4, 0.5) is 0 Å². The average Bonchev–Trinajstić information content (AvgIpc) is 3.42. The third kappa shape index (κ3) is 60.4. The summed E-state index contributed by atoms with van der Waals surface area (Å²) in [7, 11) is 0. The minimum absolute atomic E-state index is 0.103. The summed E-state index contributed by atoms with van der Waals surface area (Å²) in [5.41, 5.74) is 0. The molecule has 0 aromatic rings. The molecule has 0 heterocycles. The first-order valence-corrected chi connectivity index (χ1v) is 31.2. The zero-order valence-electron chi connectivity index (χ0n) is 49.2. The zero-order chi connectivity index (χ0) is 55.0. The Labute approximate surface area is 468 Å². The van der Waals surface area contributed by atoms with Gasteiger partial charge in [-0.1, -0.05) is 276 Å². The van der Waals surface area contributed by atoms with Crippen molar-refractivity contribution in [3.8, 4) is 0 Å². The molecule has 0 amide bonds. The second-order valence-electron chi connectivity index (χ2n) is 20.2. The Bertz CT molecular complexity index is 1630. The van der Waals surface area contributed by atoms with Crippen molar-refractivity contribution in [2.45, 2.75) is 277 Å². The molecule has 0 aromatic carbocycles. The van der Waals surface area contributed by atoms with E-state index in [1.807, 2.05) is 0 Å². The first kappa shape index (κ1) is 71.5. The highest BCUT2D eigenvalue weighted by Crippen LogP contribution is 2.15. The summed E-state index contributed by atoms with van der Waals surface area (Å²) in [6, 6.07) is 0. The maximum absolute atomic E-state index is 12.8. The SMILES string of the molecule is CC/C=C\C/C=C\C/C=C\C/C=C\C/C=C\C/C=C\C/C=C\CCCC(=O)OC(COC(=O)CCCCCCCCCC)COC(=O)CCCCCCCCCCCCCCCC/C=C\C/C=C\C/C=C\C/C=C\CC. The summed E-state index contributed by atoms with van der Waals surface area (Å²) in [4.78, 5) is 38.1. The van der Waals surface area contributed by atoms with E-state index in [0.29, 0.717) is 19.3 Å². The first-order chi connectivity index (χ1) is 37.5. The number of hydrogen-bond acceptors (Lipinski definition) is 6. The second-order valence-corrected chi connectivity index (χ2v) is 20.2. The van der Waals surface area contributed by atoms with Gasteiger partial charge in [0, 0.05) is 19.3 Å². The van der Waals surface area contributed by atoms with E-state index < -0.39 is 6.10 Å². The van der Waals surface area contributed by atoms with Crippen LogP contribution in [0.15, 0.2) is 134 Å². The van der Waals surface area contributed by atoms with Crippen LogP contribution < -0.4 is 0 Å². The van der Waals surface area contributed by atoms with Crippen molar-refractivity contribution >= 4 is 17.9 Å². The van der Waals surface area contributed by atoms with Crippen molar-refractivity contribution in [1.82, 2.24) is 0 Å². The average molecular weight is 1050 g/mol. The van der Waals surface area contributed by atoms with Gasteiger partial charge < -0.3 is 14.2 Å². The molecule has 0 aromatic heterocycles. The van der Waals surface area contributed by atoms with Gasteiger partial charge in [-0.2, -0.15) is 0 Å². The second kappa shape index (κ2) is 63.1. The lowest BCUT2D eigenvalue weighted by Gasteiger charge is -2.18. The van der Waals surface area contributed by atoms with Gasteiger partial charge in [0.15, 0.2) is 6.10 Å². The van der Waals surface area contributed by atoms with Gasteiger partial charge >= 0.3 is 17.9 Å². The molecule has 430 valence electrons. The van der Waals surface area contributed by atoms with E-state index in [2.05, 4.69) is 154 Å². The number of carbonyl (C=O) groups excluding carboxylic acids is 3. The Morgan fingerprint density at radius 3 is 0.842 bits per heavy atom. The van der Waals surface area contributed by atoms with Crippen LogP contribution in [-0.4, -0.2) is 37.2 Å². The van der Waals surface area contributed by atoms with Crippen LogP contribution >= 0.6 is 0 Å². The van der Waals surface area contributed by atoms with Gasteiger partial charge in [0.2, 0.25) is 0 Å². The van der Waals surface area contributed by atoms with Gasteiger partial charge in [-0.3, -0.25) is 14.4 Å². The molecular weight excluding hydrogens is 937 g/mol. The Morgan fingerprint density at radius 2 is 0.526 bits per heavy atom. The third-order valence-electron chi connectivity index (χ3n) is 12.9. The number of allylic oxidation sites excluding steroid dienone is 22. The van der Waals surface area contributed by atoms with E-state index in [4.69, 9.17) is 14.2 Å². The van der Waals surface area contributed by atoms with Crippen molar-refractivity contribution in [3.63, 3.8) is 0 Å². The highest BCUT2D eigenvalue weighted by atomic mass is 16.6. The van der Waals surface area contributed by atoms with E-state index in [0.717, 1.165) is 116 Å². The normalized spacial score (nSPS) is 13.0. The van der Waals surface area contributed by atoms with Gasteiger partial charge in [-0.15, -0.1) is 0 Å². The smallest absolute Gasteiger partial charge is 0.306 e. The van der Waals surface area contributed by atoms with Gasteiger partial charge in [0.1, 0.15) is 13.2 Å². The van der Waals surface area contributed by atoms with Crippen LogP contribution in [0.3, 0.4) is 0 Å². The topological polar surface area (TPSA) is 78.9 Å². The molecule has 0 fully saturated rings. The number of ether oxygens (including phenoxy) is 3. The summed E-state index contributed by atoms with van der Waals surface area (Å²) in [5, 5.41) is 0. The molecule has 0 aliphatic heterocycles. The standard InChI is InChI=1S/C70H114O6/c1-4-7-10-13-16-19-21-23-25-27-29-31-33-34-35-36-38-39-41-43-45-47-49-51-54-57-60-63-69(72)75-66-67(65-74-68(71)62-59-56-53-18-15-12-9-6-3)76-70(73)64-61-58-55-52-50-48-46-44-42-40-37-32-30-28-26-24-22-20-17-14-11-8-5-2/h7-8,10-11,16-17,19-20,23-26,29-32,40,42,46,48,52,55,67H,4-6,9,12-15,18,21-22,27-28,33-39,41,43-45,47,49-51,53-54,56-66H2,1-3H3/b10-7-,11-8-,19-16-,20-17-,25-23-,26-24-,31-29-,32-30-,42-40-,48-46-,55-52-. The highest BCUT2D eigenvalue weighted by molar-refractivity contribution is 5.71. The first-order valence-electron chi connectivity index (χ1n) is 31.2. The van der Waals surface area contributed by atoms with Crippen molar-refractivity contribution < 1.29 is 28.6 Å². The molecule has 0 saturated heterocycles. The number of rotatable bonds is 55. The van der Waals surface area contributed by atoms with Gasteiger partial charge in [0.25, 0.3) is 0 Å². The fraction of sp³-hybridized carbons (Fsp3) is 0.643. The molecule has 1 unspecified atom stereocenters. The number of unbranched alkanes of at least 4 members (excludes halogenated alkanes) is 22. The molecule has 76 heavy (non-hydrogen) atoms. The van der Waals surface area contributed by atoms with Crippen LogP contribution in [0, 0.1) is 0 Å². The van der Waals surface area contributed by atoms with E-state index in [9.17, 15) is 14.4 Å². The van der Waals surface area contributed by atoms with Crippen molar-refractivity contribution in [1.29, 1.82) is 0 Å². The Morgan fingerprint density at radius 1 is 0.276 bits per heavy atom. The molecule has 0 aliphatic carbocycles. The van der Waals surface area contributed by atoms with Crippen LogP contribution in [0.25, 0.3) is 0 Å². The Hall–Kier alpha value is -4.45. The van der Waals surface area contributed by atoms with Crippen LogP contribution in [0.5, 0.6) is 0 Å². The maximum Gasteiger partial charge on any atom is 0.306 e. The Balaban J connectivity index is 4.28. The van der Waals surface area contributed by atoms with E-state index in [1.165, 1.54) is 109 Å². The molecule has 0 aliphatic rings.